The van der Waals surface area contributed by atoms with Gasteiger partial charge >= 0.3 is 6.03 Å². The third-order valence-electron chi connectivity index (χ3n) is 6.16. The van der Waals surface area contributed by atoms with Crippen molar-refractivity contribution in [2.75, 3.05) is 36.4 Å². The highest BCUT2D eigenvalue weighted by Crippen LogP contribution is 2.20. The van der Waals surface area contributed by atoms with Crippen molar-refractivity contribution in [3.8, 4) is 0 Å². The highest BCUT2D eigenvalue weighted by Gasteiger charge is 2.18. The smallest absolute Gasteiger partial charge is 0.321 e. The highest BCUT2D eigenvalue weighted by atomic mass is 16.2. The molecule has 3 aromatic rings. The second-order valence-electron chi connectivity index (χ2n) is 8.82. The summed E-state index contributed by atoms with van der Waals surface area (Å²) < 4.78 is 0. The van der Waals surface area contributed by atoms with Crippen LogP contribution in [0.1, 0.15) is 18.1 Å². The quantitative estimate of drug-likeness (QED) is 0.466. The van der Waals surface area contributed by atoms with Gasteiger partial charge in [-0.05, 0) is 42.3 Å². The number of carbonyl (C=O) groups excluding carboxylic acids is 2. The van der Waals surface area contributed by atoms with Crippen molar-refractivity contribution < 1.29 is 9.59 Å². The van der Waals surface area contributed by atoms with E-state index in [0.29, 0.717) is 6.54 Å². The molecule has 0 radical (unpaired) electrons. The Labute approximate surface area is 207 Å². The Morgan fingerprint density at radius 2 is 1.40 bits per heavy atom. The summed E-state index contributed by atoms with van der Waals surface area (Å²) >= 11 is 0. The van der Waals surface area contributed by atoms with Crippen molar-refractivity contribution in [3.05, 3.63) is 96.1 Å². The lowest BCUT2D eigenvalue weighted by atomic mass is 10.2. The number of hydrogen-bond acceptors (Lipinski definition) is 5. The summed E-state index contributed by atoms with van der Waals surface area (Å²) in [4.78, 5) is 29.3. The maximum Gasteiger partial charge on any atom is 0.321 e. The van der Waals surface area contributed by atoms with Gasteiger partial charge < -0.3 is 15.5 Å². The van der Waals surface area contributed by atoms with E-state index < -0.39 is 12.1 Å². The Morgan fingerprint density at radius 1 is 0.800 bits per heavy atom. The van der Waals surface area contributed by atoms with Gasteiger partial charge in [-0.25, -0.2) is 4.79 Å². The van der Waals surface area contributed by atoms with Crippen molar-refractivity contribution in [1.82, 2.24) is 15.5 Å². The molecule has 7 heteroatoms. The second kappa shape index (κ2) is 12.0. The van der Waals surface area contributed by atoms with E-state index in [0.717, 1.165) is 44.0 Å². The molecule has 35 heavy (non-hydrogen) atoms. The van der Waals surface area contributed by atoms with E-state index in [1.165, 1.54) is 11.3 Å². The molecule has 4 rings (SSSR count). The van der Waals surface area contributed by atoms with E-state index in [-0.39, 0.29) is 5.91 Å². The molecule has 3 aromatic carbocycles. The predicted octanol–water partition coefficient (Wildman–Crippen LogP) is 3.84. The van der Waals surface area contributed by atoms with Gasteiger partial charge in [0.05, 0.1) is 0 Å². The van der Waals surface area contributed by atoms with Gasteiger partial charge in [0.2, 0.25) is 5.91 Å². The minimum Gasteiger partial charge on any atom is -0.374 e. The minimum absolute atomic E-state index is 0.365. The average Bonchev–Trinajstić information content (AvgIpc) is 2.89. The SMILES string of the molecule is CC(Nc1ccc(N2CCN(Cc3ccccc3)CC2)cc1)C(=O)NC(=O)NCc1ccccc1. The summed E-state index contributed by atoms with van der Waals surface area (Å²) in [6.07, 6.45) is 0. The summed E-state index contributed by atoms with van der Waals surface area (Å²) in [5, 5.41) is 8.26. The van der Waals surface area contributed by atoms with Crippen molar-refractivity contribution >= 4 is 23.3 Å². The monoisotopic (exact) mass is 471 g/mol. The first-order valence-electron chi connectivity index (χ1n) is 12.1. The van der Waals surface area contributed by atoms with E-state index in [1.807, 2.05) is 42.5 Å². The molecule has 1 aliphatic heterocycles. The number of anilines is 2. The zero-order valence-electron chi connectivity index (χ0n) is 20.1. The number of urea groups is 1. The van der Waals surface area contributed by atoms with Crippen LogP contribution in [0.3, 0.4) is 0 Å². The molecular formula is C28H33N5O2. The van der Waals surface area contributed by atoms with E-state index in [4.69, 9.17) is 0 Å². The minimum atomic E-state index is -0.551. The molecule has 3 N–H and O–H groups in total. The number of nitrogens with zero attached hydrogens (tertiary/aromatic N) is 2. The molecule has 3 amide bonds. The number of nitrogens with one attached hydrogen (secondary N) is 3. The number of carbonyl (C=O) groups is 2. The average molecular weight is 472 g/mol. The largest absolute Gasteiger partial charge is 0.374 e. The fraction of sp³-hybridized carbons (Fsp3) is 0.286. The number of piperazine rings is 1. The fourth-order valence-electron chi connectivity index (χ4n) is 4.13. The van der Waals surface area contributed by atoms with Gasteiger partial charge in [-0.1, -0.05) is 60.7 Å². The second-order valence-corrected chi connectivity index (χ2v) is 8.82. The molecule has 1 aliphatic rings. The molecule has 7 nitrogen and oxygen atoms in total. The molecule has 1 atom stereocenters. The van der Waals surface area contributed by atoms with Gasteiger partial charge in [0, 0.05) is 50.6 Å². The van der Waals surface area contributed by atoms with Crippen LogP contribution in [0.2, 0.25) is 0 Å². The van der Waals surface area contributed by atoms with Crippen molar-refractivity contribution in [3.63, 3.8) is 0 Å². The van der Waals surface area contributed by atoms with Crippen LogP contribution in [0.4, 0.5) is 16.2 Å². The fourth-order valence-corrected chi connectivity index (χ4v) is 4.13. The number of rotatable bonds is 8. The normalized spacial score (nSPS) is 14.7. The Bertz CT molecular complexity index is 1080. The van der Waals surface area contributed by atoms with Gasteiger partial charge in [-0.15, -0.1) is 0 Å². The van der Waals surface area contributed by atoms with Gasteiger partial charge in [-0.3, -0.25) is 15.0 Å². The van der Waals surface area contributed by atoms with E-state index >= 15 is 0 Å². The number of hydrogen-bond donors (Lipinski definition) is 3. The third-order valence-corrected chi connectivity index (χ3v) is 6.16. The number of imide groups is 1. The Morgan fingerprint density at radius 3 is 2.03 bits per heavy atom. The van der Waals surface area contributed by atoms with Crippen molar-refractivity contribution in [1.29, 1.82) is 0 Å². The third kappa shape index (κ3) is 7.32. The lowest BCUT2D eigenvalue weighted by Gasteiger charge is -2.36. The molecule has 0 spiro atoms. The highest BCUT2D eigenvalue weighted by molar-refractivity contribution is 5.97. The molecule has 0 aromatic heterocycles. The Kier molecular flexibility index (Phi) is 8.35. The maximum atomic E-state index is 12.4. The van der Waals surface area contributed by atoms with Crippen LogP contribution in [-0.4, -0.2) is 49.1 Å². The molecule has 1 heterocycles. The Hall–Kier alpha value is -3.84. The van der Waals surface area contributed by atoms with E-state index in [9.17, 15) is 9.59 Å². The first-order chi connectivity index (χ1) is 17.1. The first-order valence-corrected chi connectivity index (χ1v) is 12.1. The van der Waals surface area contributed by atoms with Crippen LogP contribution in [0.15, 0.2) is 84.9 Å². The van der Waals surface area contributed by atoms with E-state index in [1.54, 1.807) is 6.92 Å². The summed E-state index contributed by atoms with van der Waals surface area (Å²) in [6.45, 7) is 7.11. The van der Waals surface area contributed by atoms with Crippen molar-refractivity contribution in [2.24, 2.45) is 0 Å². The topological polar surface area (TPSA) is 76.7 Å². The van der Waals surface area contributed by atoms with Crippen LogP contribution >= 0.6 is 0 Å². The van der Waals surface area contributed by atoms with Crippen molar-refractivity contribution in [2.45, 2.75) is 26.1 Å². The van der Waals surface area contributed by atoms with Crippen LogP contribution in [0.25, 0.3) is 0 Å². The standard InChI is InChI=1S/C28H33N5O2/c1-22(27(34)31-28(35)29-20-23-8-4-2-5-9-23)30-25-12-14-26(15-13-25)33-18-16-32(17-19-33)21-24-10-6-3-7-11-24/h2-15,22,30H,16-21H2,1H3,(H2,29,31,34,35). The predicted molar refractivity (Wildman–Crippen MR) is 140 cm³/mol. The summed E-state index contributed by atoms with van der Waals surface area (Å²) in [6, 6.07) is 27.2. The molecular weight excluding hydrogens is 438 g/mol. The number of benzene rings is 3. The lowest BCUT2D eigenvalue weighted by Crippen LogP contribution is -2.46. The molecule has 1 saturated heterocycles. The van der Waals surface area contributed by atoms with Crippen LogP contribution < -0.4 is 20.9 Å². The molecule has 182 valence electrons. The van der Waals surface area contributed by atoms with Gasteiger partial charge in [-0.2, -0.15) is 0 Å². The lowest BCUT2D eigenvalue weighted by molar-refractivity contribution is -0.120. The zero-order valence-corrected chi connectivity index (χ0v) is 20.1. The molecule has 1 unspecified atom stereocenters. The van der Waals surface area contributed by atoms with Crippen LogP contribution in [0.5, 0.6) is 0 Å². The zero-order chi connectivity index (χ0) is 24.5. The molecule has 0 aliphatic carbocycles. The van der Waals surface area contributed by atoms with Crippen LogP contribution in [0, 0.1) is 0 Å². The van der Waals surface area contributed by atoms with Crippen LogP contribution in [-0.2, 0) is 17.9 Å². The van der Waals surface area contributed by atoms with Gasteiger partial charge in [0.25, 0.3) is 0 Å². The van der Waals surface area contributed by atoms with E-state index in [2.05, 4.69) is 68.2 Å². The molecule has 1 fully saturated rings. The Balaban J connectivity index is 1.20. The van der Waals surface area contributed by atoms with Gasteiger partial charge in [0.15, 0.2) is 0 Å². The molecule has 0 saturated carbocycles. The molecule has 0 bridgehead atoms. The summed E-state index contributed by atoms with van der Waals surface area (Å²) in [5.74, 6) is -0.380. The summed E-state index contributed by atoms with van der Waals surface area (Å²) in [7, 11) is 0. The maximum absolute atomic E-state index is 12.4. The summed E-state index contributed by atoms with van der Waals surface area (Å²) in [5.41, 5.74) is 4.33. The van der Waals surface area contributed by atoms with Gasteiger partial charge in [0.1, 0.15) is 6.04 Å². The number of amides is 3. The first kappa shape index (κ1) is 24.3.